The van der Waals surface area contributed by atoms with Gasteiger partial charge in [0, 0.05) is 25.3 Å². The minimum atomic E-state index is -0.280. The summed E-state index contributed by atoms with van der Waals surface area (Å²) >= 11 is 0. The number of benzene rings is 2. The van der Waals surface area contributed by atoms with Crippen LogP contribution in [-0.2, 0) is 4.79 Å². The third-order valence-electron chi connectivity index (χ3n) is 3.74. The van der Waals surface area contributed by atoms with Crippen molar-refractivity contribution in [3.63, 3.8) is 0 Å². The van der Waals surface area contributed by atoms with Crippen LogP contribution in [0.3, 0.4) is 0 Å². The van der Waals surface area contributed by atoms with Crippen molar-refractivity contribution in [3.05, 3.63) is 53.1 Å². The Hall–Kier alpha value is -3.02. The first kappa shape index (κ1) is 18.3. The number of nitrogens with one attached hydrogen (secondary N) is 1. The normalized spacial score (nSPS) is 10.2. The second kappa shape index (κ2) is 7.70. The molecule has 0 bridgehead atoms. The number of carbonyl (C=O) groups is 2. The number of carbonyl (C=O) groups excluding carboxylic acids is 2. The zero-order chi connectivity index (χ0) is 18.6. The van der Waals surface area contributed by atoms with Crippen molar-refractivity contribution in [2.75, 3.05) is 31.8 Å². The summed E-state index contributed by atoms with van der Waals surface area (Å²) in [6.07, 6.45) is 0. The van der Waals surface area contributed by atoms with Crippen LogP contribution in [0.5, 0.6) is 5.75 Å². The smallest absolute Gasteiger partial charge is 0.259 e. The van der Waals surface area contributed by atoms with E-state index >= 15 is 0 Å². The van der Waals surface area contributed by atoms with Crippen LogP contribution in [0, 0.1) is 13.8 Å². The maximum Gasteiger partial charge on any atom is 0.259 e. The van der Waals surface area contributed by atoms with Crippen LogP contribution >= 0.6 is 0 Å². The van der Waals surface area contributed by atoms with Crippen molar-refractivity contribution in [3.8, 4) is 5.75 Å². The van der Waals surface area contributed by atoms with E-state index in [0.29, 0.717) is 22.7 Å². The summed E-state index contributed by atoms with van der Waals surface area (Å²) in [4.78, 5) is 25.8. The number of amides is 2. The van der Waals surface area contributed by atoms with Gasteiger partial charge in [0.05, 0.1) is 5.69 Å². The molecular formula is C19H23N3O3. The third-order valence-corrected chi connectivity index (χ3v) is 3.74. The van der Waals surface area contributed by atoms with E-state index < -0.39 is 0 Å². The van der Waals surface area contributed by atoms with Crippen LogP contribution in [0.25, 0.3) is 0 Å². The van der Waals surface area contributed by atoms with E-state index in [4.69, 9.17) is 10.5 Å². The van der Waals surface area contributed by atoms with Crippen LogP contribution in [-0.4, -0.2) is 37.4 Å². The molecule has 0 unspecified atom stereocenters. The lowest BCUT2D eigenvalue weighted by Gasteiger charge is -2.16. The summed E-state index contributed by atoms with van der Waals surface area (Å²) in [5.41, 5.74) is 9.08. The number of hydrogen-bond donors (Lipinski definition) is 2. The quantitative estimate of drug-likeness (QED) is 0.819. The molecular weight excluding hydrogens is 318 g/mol. The fourth-order valence-electron chi connectivity index (χ4n) is 2.19. The first-order valence-electron chi connectivity index (χ1n) is 7.89. The van der Waals surface area contributed by atoms with Gasteiger partial charge in [-0.2, -0.15) is 0 Å². The predicted molar refractivity (Wildman–Crippen MR) is 98.9 cm³/mol. The zero-order valence-corrected chi connectivity index (χ0v) is 14.9. The molecule has 25 heavy (non-hydrogen) atoms. The lowest BCUT2D eigenvalue weighted by atomic mass is 10.1. The summed E-state index contributed by atoms with van der Waals surface area (Å²) < 4.78 is 5.60. The van der Waals surface area contributed by atoms with Crippen molar-refractivity contribution in [1.82, 2.24) is 4.90 Å². The van der Waals surface area contributed by atoms with Crippen LogP contribution in [0.1, 0.15) is 21.5 Å². The maximum atomic E-state index is 12.6. The Morgan fingerprint density at radius 1 is 1.12 bits per heavy atom. The molecule has 132 valence electrons. The molecule has 6 nitrogen and oxygen atoms in total. The van der Waals surface area contributed by atoms with Crippen LogP contribution < -0.4 is 15.8 Å². The van der Waals surface area contributed by atoms with Crippen LogP contribution in [0.4, 0.5) is 11.4 Å². The Morgan fingerprint density at radius 2 is 1.84 bits per heavy atom. The number of likely N-dealkylation sites (N-methyl/N-ethyl adjacent to an activating group) is 1. The Kier molecular flexibility index (Phi) is 5.64. The van der Waals surface area contributed by atoms with E-state index in [9.17, 15) is 9.59 Å². The standard InChI is InChI=1S/C19H23N3O3/c1-12-5-8-16(17(9-12)25-11-18(23)22(3)4)21-19(24)15-10-14(20)7-6-13(15)2/h5-10H,11,20H2,1-4H3,(H,21,24). The number of nitrogen functional groups attached to an aromatic ring is 1. The lowest BCUT2D eigenvalue weighted by Crippen LogP contribution is -2.27. The SMILES string of the molecule is Cc1ccc(NC(=O)c2cc(N)ccc2C)c(OCC(=O)N(C)C)c1. The number of nitrogens with zero attached hydrogens (tertiary/aromatic N) is 1. The number of hydrogen-bond acceptors (Lipinski definition) is 4. The minimum absolute atomic E-state index is 0.101. The zero-order valence-electron chi connectivity index (χ0n) is 14.9. The van der Waals surface area contributed by atoms with Gasteiger partial charge >= 0.3 is 0 Å². The molecule has 0 aliphatic carbocycles. The number of anilines is 2. The highest BCUT2D eigenvalue weighted by molar-refractivity contribution is 6.06. The molecule has 0 radical (unpaired) electrons. The molecule has 2 aromatic carbocycles. The molecule has 0 spiro atoms. The van der Waals surface area contributed by atoms with Crippen molar-refractivity contribution >= 4 is 23.2 Å². The highest BCUT2D eigenvalue weighted by atomic mass is 16.5. The molecule has 2 aromatic rings. The fourth-order valence-corrected chi connectivity index (χ4v) is 2.19. The van der Waals surface area contributed by atoms with Gasteiger partial charge in [0.15, 0.2) is 6.61 Å². The number of ether oxygens (including phenoxy) is 1. The Balaban J connectivity index is 2.22. The monoisotopic (exact) mass is 341 g/mol. The first-order chi connectivity index (χ1) is 11.8. The molecule has 2 rings (SSSR count). The fraction of sp³-hybridized carbons (Fsp3) is 0.263. The molecule has 0 aromatic heterocycles. The average Bonchev–Trinajstić information content (AvgIpc) is 2.56. The number of nitrogens with two attached hydrogens (primary N) is 1. The number of aryl methyl sites for hydroxylation is 2. The molecule has 2 amide bonds. The Bertz CT molecular complexity index is 800. The average molecular weight is 341 g/mol. The van der Waals surface area contributed by atoms with Gasteiger partial charge in [-0.1, -0.05) is 12.1 Å². The topological polar surface area (TPSA) is 84.7 Å². The van der Waals surface area contributed by atoms with Gasteiger partial charge in [-0.3, -0.25) is 9.59 Å². The summed E-state index contributed by atoms with van der Waals surface area (Å²) in [6.45, 7) is 3.65. The largest absolute Gasteiger partial charge is 0.482 e. The molecule has 0 saturated carbocycles. The Labute approximate surface area is 147 Å². The summed E-state index contributed by atoms with van der Waals surface area (Å²) in [6, 6.07) is 10.6. The highest BCUT2D eigenvalue weighted by Gasteiger charge is 2.14. The molecule has 0 fully saturated rings. The van der Waals surface area contributed by atoms with E-state index in [0.717, 1.165) is 11.1 Å². The van der Waals surface area contributed by atoms with E-state index in [2.05, 4.69) is 5.32 Å². The van der Waals surface area contributed by atoms with Gasteiger partial charge in [-0.05, 0) is 49.2 Å². The van der Waals surface area contributed by atoms with E-state index in [1.807, 2.05) is 19.9 Å². The second-order valence-electron chi connectivity index (χ2n) is 6.10. The van der Waals surface area contributed by atoms with E-state index in [-0.39, 0.29) is 18.4 Å². The molecule has 0 atom stereocenters. The molecule has 0 aliphatic rings. The van der Waals surface area contributed by atoms with Gasteiger partial charge in [-0.25, -0.2) is 0 Å². The van der Waals surface area contributed by atoms with Crippen LogP contribution in [0.15, 0.2) is 36.4 Å². The van der Waals surface area contributed by atoms with Crippen molar-refractivity contribution in [2.24, 2.45) is 0 Å². The molecule has 0 saturated heterocycles. The van der Waals surface area contributed by atoms with Gasteiger partial charge in [0.25, 0.3) is 11.8 Å². The summed E-state index contributed by atoms with van der Waals surface area (Å²) in [5.74, 6) is 0.00741. The highest BCUT2D eigenvalue weighted by Crippen LogP contribution is 2.27. The second-order valence-corrected chi connectivity index (χ2v) is 6.10. The minimum Gasteiger partial charge on any atom is -0.482 e. The van der Waals surface area contributed by atoms with Gasteiger partial charge in [0.2, 0.25) is 0 Å². The van der Waals surface area contributed by atoms with Gasteiger partial charge < -0.3 is 20.7 Å². The van der Waals surface area contributed by atoms with Crippen molar-refractivity contribution < 1.29 is 14.3 Å². The summed E-state index contributed by atoms with van der Waals surface area (Å²) in [7, 11) is 3.32. The predicted octanol–water partition coefficient (Wildman–Crippen LogP) is 2.60. The van der Waals surface area contributed by atoms with Gasteiger partial charge in [-0.15, -0.1) is 0 Å². The molecule has 3 N–H and O–H groups in total. The molecule has 6 heteroatoms. The van der Waals surface area contributed by atoms with E-state index in [1.54, 1.807) is 44.4 Å². The Morgan fingerprint density at radius 3 is 2.52 bits per heavy atom. The van der Waals surface area contributed by atoms with Crippen molar-refractivity contribution in [1.29, 1.82) is 0 Å². The first-order valence-corrected chi connectivity index (χ1v) is 7.89. The molecule has 0 aliphatic heterocycles. The van der Waals surface area contributed by atoms with Crippen LogP contribution in [0.2, 0.25) is 0 Å². The number of rotatable bonds is 5. The lowest BCUT2D eigenvalue weighted by molar-refractivity contribution is -0.130. The maximum absolute atomic E-state index is 12.6. The molecule has 0 heterocycles. The van der Waals surface area contributed by atoms with E-state index in [1.165, 1.54) is 4.90 Å². The van der Waals surface area contributed by atoms with Crippen molar-refractivity contribution in [2.45, 2.75) is 13.8 Å². The summed E-state index contributed by atoms with van der Waals surface area (Å²) in [5, 5.41) is 2.83. The third kappa shape index (κ3) is 4.73. The van der Waals surface area contributed by atoms with Gasteiger partial charge in [0.1, 0.15) is 5.75 Å².